The van der Waals surface area contributed by atoms with Crippen molar-refractivity contribution < 1.29 is 9.18 Å². The summed E-state index contributed by atoms with van der Waals surface area (Å²) >= 11 is 1.45. The summed E-state index contributed by atoms with van der Waals surface area (Å²) in [7, 11) is 0. The van der Waals surface area contributed by atoms with Crippen LogP contribution in [0.15, 0.2) is 24.3 Å². The molecule has 3 saturated heterocycles. The lowest BCUT2D eigenvalue weighted by atomic mass is 9.77. The first-order chi connectivity index (χ1) is 11.2. The zero-order valence-corrected chi connectivity index (χ0v) is 13.7. The molecule has 0 unspecified atom stereocenters. The topological polar surface area (TPSA) is 32.3 Å². The van der Waals surface area contributed by atoms with Gasteiger partial charge in [-0.15, -0.1) is 11.3 Å². The van der Waals surface area contributed by atoms with Gasteiger partial charge in [0.1, 0.15) is 5.82 Å². The maximum Gasteiger partial charge on any atom is 0.261 e. The van der Waals surface area contributed by atoms with Gasteiger partial charge in [-0.05, 0) is 74.3 Å². The van der Waals surface area contributed by atoms with Crippen molar-refractivity contribution in [1.82, 2.24) is 10.2 Å². The molecule has 1 aliphatic carbocycles. The number of nitrogens with one attached hydrogen (secondary N) is 1. The molecule has 0 radical (unpaired) electrons. The Morgan fingerprint density at radius 2 is 2.04 bits per heavy atom. The molecule has 5 heteroatoms. The van der Waals surface area contributed by atoms with E-state index < -0.39 is 0 Å². The van der Waals surface area contributed by atoms with E-state index >= 15 is 0 Å². The third kappa shape index (κ3) is 2.06. The minimum Gasteiger partial charge on any atom is -0.346 e. The number of thiophene rings is 1. The van der Waals surface area contributed by atoms with Crippen molar-refractivity contribution in [3.63, 3.8) is 0 Å². The number of piperidine rings is 3. The van der Waals surface area contributed by atoms with Crippen LogP contribution in [0.3, 0.4) is 0 Å². The molecule has 1 aromatic carbocycles. The highest BCUT2D eigenvalue weighted by Crippen LogP contribution is 2.53. The molecular formula is C18H19FN2OS. The summed E-state index contributed by atoms with van der Waals surface area (Å²) in [4.78, 5) is 16.0. The number of carbonyl (C=O) groups excluding carboxylic acids is 1. The van der Waals surface area contributed by atoms with Crippen LogP contribution in [-0.4, -0.2) is 35.5 Å². The van der Waals surface area contributed by atoms with Crippen LogP contribution in [0, 0.1) is 11.7 Å². The van der Waals surface area contributed by atoms with Crippen LogP contribution in [0.4, 0.5) is 4.39 Å². The van der Waals surface area contributed by atoms with E-state index in [0.29, 0.717) is 16.8 Å². The highest BCUT2D eigenvalue weighted by molar-refractivity contribution is 7.20. The second kappa shape index (κ2) is 4.77. The van der Waals surface area contributed by atoms with E-state index in [1.165, 1.54) is 62.2 Å². The molecular weight excluding hydrogens is 311 g/mol. The van der Waals surface area contributed by atoms with Gasteiger partial charge in [0.2, 0.25) is 0 Å². The summed E-state index contributed by atoms with van der Waals surface area (Å²) in [5, 5.41) is 4.15. The Kier molecular flexibility index (Phi) is 2.89. The molecule has 3 nitrogen and oxygen atoms in total. The molecule has 2 bridgehead atoms. The fourth-order valence-electron chi connectivity index (χ4n) is 4.66. The van der Waals surface area contributed by atoms with E-state index in [4.69, 9.17) is 0 Å². The normalized spacial score (nSPS) is 30.7. The lowest BCUT2D eigenvalue weighted by molar-refractivity contribution is -0.00138. The Morgan fingerprint density at radius 3 is 2.78 bits per heavy atom. The average Bonchev–Trinajstić information content (AvgIpc) is 3.22. The van der Waals surface area contributed by atoms with Crippen molar-refractivity contribution in [2.24, 2.45) is 5.92 Å². The monoisotopic (exact) mass is 330 g/mol. The molecule has 3 aliphatic heterocycles. The largest absolute Gasteiger partial charge is 0.346 e. The van der Waals surface area contributed by atoms with Crippen molar-refractivity contribution in [2.75, 3.05) is 13.1 Å². The van der Waals surface area contributed by atoms with E-state index in [0.717, 1.165) is 10.1 Å². The third-order valence-corrected chi connectivity index (χ3v) is 7.09. The van der Waals surface area contributed by atoms with Gasteiger partial charge in [-0.2, -0.15) is 0 Å². The highest BCUT2D eigenvalue weighted by Gasteiger charge is 2.60. The molecule has 4 aliphatic rings. The molecule has 120 valence electrons. The Hall–Kier alpha value is -1.46. The van der Waals surface area contributed by atoms with Gasteiger partial charge in [-0.3, -0.25) is 9.69 Å². The molecule has 6 rings (SSSR count). The number of benzene rings is 1. The summed E-state index contributed by atoms with van der Waals surface area (Å²) in [5.41, 5.74) is 0.250. The second-order valence-electron chi connectivity index (χ2n) is 7.17. The fraction of sp³-hybridized carbons (Fsp3) is 0.500. The zero-order chi connectivity index (χ0) is 15.6. The predicted octanol–water partition coefficient (Wildman–Crippen LogP) is 3.40. The van der Waals surface area contributed by atoms with Gasteiger partial charge < -0.3 is 5.32 Å². The molecule has 23 heavy (non-hydrogen) atoms. The number of rotatable bonds is 2. The highest BCUT2D eigenvalue weighted by atomic mass is 32.1. The van der Waals surface area contributed by atoms with Crippen molar-refractivity contribution in [3.8, 4) is 0 Å². The summed E-state index contributed by atoms with van der Waals surface area (Å²) in [6, 6.07) is 6.81. The van der Waals surface area contributed by atoms with Crippen molar-refractivity contribution in [2.45, 2.75) is 37.3 Å². The second-order valence-corrected chi connectivity index (χ2v) is 8.26. The maximum atomic E-state index is 13.3. The van der Waals surface area contributed by atoms with E-state index in [-0.39, 0.29) is 17.3 Å². The fourth-order valence-corrected chi connectivity index (χ4v) is 5.61. The summed E-state index contributed by atoms with van der Waals surface area (Å²) < 4.78 is 14.3. The first kappa shape index (κ1) is 13.9. The van der Waals surface area contributed by atoms with Crippen LogP contribution in [0.1, 0.15) is 35.4 Å². The van der Waals surface area contributed by atoms with Crippen LogP contribution >= 0.6 is 11.3 Å². The number of hydrogen-bond donors (Lipinski definition) is 1. The first-order valence-corrected chi connectivity index (χ1v) is 9.22. The number of fused-ring (bicyclic) bond motifs is 3. The number of halogens is 1. The van der Waals surface area contributed by atoms with E-state index in [9.17, 15) is 9.18 Å². The Labute approximate surface area is 138 Å². The average molecular weight is 330 g/mol. The molecule has 1 atom stereocenters. The Balaban J connectivity index is 1.42. The third-order valence-electron chi connectivity index (χ3n) is 5.97. The van der Waals surface area contributed by atoms with Gasteiger partial charge in [0.25, 0.3) is 5.91 Å². The minimum atomic E-state index is -0.253. The molecule has 1 amide bonds. The van der Waals surface area contributed by atoms with Gasteiger partial charge in [-0.25, -0.2) is 4.39 Å². The van der Waals surface area contributed by atoms with Crippen LogP contribution in [0.25, 0.3) is 10.1 Å². The summed E-state index contributed by atoms with van der Waals surface area (Å²) in [5.74, 6) is 0.381. The zero-order valence-electron chi connectivity index (χ0n) is 12.8. The van der Waals surface area contributed by atoms with Gasteiger partial charge in [0.15, 0.2) is 0 Å². The molecule has 1 spiro atoms. The molecule has 1 saturated carbocycles. The van der Waals surface area contributed by atoms with Crippen molar-refractivity contribution >= 4 is 27.3 Å². The lowest BCUT2D eigenvalue weighted by Gasteiger charge is -2.52. The van der Waals surface area contributed by atoms with E-state index in [2.05, 4.69) is 10.2 Å². The van der Waals surface area contributed by atoms with Crippen molar-refractivity contribution in [1.29, 1.82) is 0 Å². The lowest BCUT2D eigenvalue weighted by Crippen LogP contribution is -2.65. The Morgan fingerprint density at radius 1 is 1.26 bits per heavy atom. The summed E-state index contributed by atoms with van der Waals surface area (Å²) in [6.07, 6.45) is 4.83. The van der Waals surface area contributed by atoms with Gasteiger partial charge in [-0.1, -0.05) is 0 Å². The van der Waals surface area contributed by atoms with E-state index in [1.54, 1.807) is 6.07 Å². The quantitative estimate of drug-likeness (QED) is 0.915. The molecule has 4 fully saturated rings. The summed E-state index contributed by atoms with van der Waals surface area (Å²) in [6.45, 7) is 2.39. The number of amides is 1. The SMILES string of the molecule is O=C(N[C@@H]1C2CCN(CC2)C12CC2)c1cc2cc(F)ccc2s1. The van der Waals surface area contributed by atoms with Crippen LogP contribution < -0.4 is 5.32 Å². The standard InChI is InChI=1S/C18H19FN2OS/c19-13-1-2-14-12(9-13)10-15(23-14)17(22)20-16-11-3-7-21(8-4-11)18(16)5-6-18/h1-2,9-11,16H,3-8H2,(H,20,22)/t16-/m1/s1. The Bertz CT molecular complexity index is 789. The number of carbonyl (C=O) groups is 1. The van der Waals surface area contributed by atoms with Crippen LogP contribution in [0.5, 0.6) is 0 Å². The predicted molar refractivity (Wildman–Crippen MR) is 89.3 cm³/mol. The molecule has 1 N–H and O–H groups in total. The van der Waals surface area contributed by atoms with Gasteiger partial charge in [0, 0.05) is 10.2 Å². The number of hydrogen-bond acceptors (Lipinski definition) is 3. The number of nitrogens with zero attached hydrogens (tertiary/aromatic N) is 1. The minimum absolute atomic E-state index is 0.0108. The van der Waals surface area contributed by atoms with Crippen LogP contribution in [0.2, 0.25) is 0 Å². The molecule has 1 aromatic heterocycles. The van der Waals surface area contributed by atoms with Gasteiger partial charge >= 0.3 is 0 Å². The molecule has 2 aromatic rings. The van der Waals surface area contributed by atoms with Crippen molar-refractivity contribution in [3.05, 3.63) is 35.0 Å². The van der Waals surface area contributed by atoms with E-state index in [1.807, 2.05) is 6.07 Å². The van der Waals surface area contributed by atoms with Crippen LogP contribution in [-0.2, 0) is 0 Å². The first-order valence-electron chi connectivity index (χ1n) is 8.41. The smallest absolute Gasteiger partial charge is 0.261 e. The maximum absolute atomic E-state index is 13.3. The van der Waals surface area contributed by atoms with Gasteiger partial charge in [0.05, 0.1) is 10.9 Å². The molecule has 4 heterocycles.